The van der Waals surface area contributed by atoms with E-state index >= 15 is 0 Å². The van der Waals surface area contributed by atoms with Crippen molar-refractivity contribution in [2.75, 3.05) is 0 Å². The summed E-state index contributed by atoms with van der Waals surface area (Å²) in [4.78, 5) is 0. The summed E-state index contributed by atoms with van der Waals surface area (Å²) in [7, 11) is 0. The molecule has 0 saturated heterocycles. The lowest BCUT2D eigenvalue weighted by Gasteiger charge is -2.13. The van der Waals surface area contributed by atoms with Gasteiger partial charge in [0.15, 0.2) is 0 Å². The maximum atomic E-state index is 13.3. The predicted molar refractivity (Wildman–Crippen MR) is 65.1 cm³/mol. The molecule has 0 fully saturated rings. The Labute approximate surface area is 110 Å². The SMILES string of the molecule is CCCCCCC(O)c1ccc(C(F)(F)F)c(F)c1. The number of unbranched alkanes of at least 4 members (excludes halogenated alkanes) is 3. The Bertz CT molecular complexity index is 401. The van der Waals surface area contributed by atoms with Gasteiger partial charge in [-0.3, -0.25) is 0 Å². The molecule has 0 spiro atoms. The fourth-order valence-corrected chi connectivity index (χ4v) is 1.90. The lowest BCUT2D eigenvalue weighted by molar-refractivity contribution is -0.140. The summed E-state index contributed by atoms with van der Waals surface area (Å²) in [6, 6.07) is 2.59. The third-order valence-electron chi connectivity index (χ3n) is 3.01. The van der Waals surface area contributed by atoms with Crippen molar-refractivity contribution in [3.63, 3.8) is 0 Å². The van der Waals surface area contributed by atoms with Gasteiger partial charge in [-0.15, -0.1) is 0 Å². The van der Waals surface area contributed by atoms with Gasteiger partial charge in [0.1, 0.15) is 5.82 Å². The van der Waals surface area contributed by atoms with Gasteiger partial charge < -0.3 is 5.11 Å². The van der Waals surface area contributed by atoms with Crippen LogP contribution in [0, 0.1) is 5.82 Å². The van der Waals surface area contributed by atoms with Crippen LogP contribution in [-0.4, -0.2) is 5.11 Å². The number of aliphatic hydroxyl groups is 1. The Morgan fingerprint density at radius 3 is 2.37 bits per heavy atom. The molecule has 0 radical (unpaired) electrons. The van der Waals surface area contributed by atoms with E-state index in [-0.39, 0.29) is 5.56 Å². The molecule has 1 N–H and O–H groups in total. The third kappa shape index (κ3) is 4.82. The van der Waals surface area contributed by atoms with E-state index in [9.17, 15) is 22.7 Å². The third-order valence-corrected chi connectivity index (χ3v) is 3.01. The fourth-order valence-electron chi connectivity index (χ4n) is 1.90. The largest absolute Gasteiger partial charge is 0.419 e. The average Bonchev–Trinajstić information content (AvgIpc) is 2.32. The topological polar surface area (TPSA) is 20.2 Å². The van der Waals surface area contributed by atoms with Crippen molar-refractivity contribution in [2.45, 2.75) is 51.3 Å². The minimum atomic E-state index is -4.70. The molecule has 0 heterocycles. The Hall–Kier alpha value is -1.10. The van der Waals surface area contributed by atoms with E-state index in [1.165, 1.54) is 0 Å². The van der Waals surface area contributed by atoms with Gasteiger partial charge in [-0.25, -0.2) is 4.39 Å². The second-order valence-corrected chi connectivity index (χ2v) is 4.60. The summed E-state index contributed by atoms with van der Waals surface area (Å²) in [5, 5.41) is 9.79. The van der Waals surface area contributed by atoms with Gasteiger partial charge >= 0.3 is 6.18 Å². The highest BCUT2D eigenvalue weighted by molar-refractivity contribution is 5.27. The second-order valence-electron chi connectivity index (χ2n) is 4.60. The summed E-state index contributed by atoms with van der Waals surface area (Å²) in [6.07, 6.45) is -1.33. The monoisotopic (exact) mass is 278 g/mol. The molecule has 1 atom stereocenters. The molecule has 1 unspecified atom stereocenters. The van der Waals surface area contributed by atoms with Crippen molar-refractivity contribution in [3.8, 4) is 0 Å². The molecule has 1 rings (SSSR count). The van der Waals surface area contributed by atoms with Crippen molar-refractivity contribution < 1.29 is 22.7 Å². The number of hydrogen-bond donors (Lipinski definition) is 1. The molecule has 108 valence electrons. The van der Waals surface area contributed by atoms with Crippen molar-refractivity contribution in [2.24, 2.45) is 0 Å². The number of halogens is 4. The molecular weight excluding hydrogens is 260 g/mol. The highest BCUT2D eigenvalue weighted by atomic mass is 19.4. The Morgan fingerprint density at radius 2 is 1.84 bits per heavy atom. The number of benzene rings is 1. The first-order valence-electron chi connectivity index (χ1n) is 6.41. The zero-order valence-corrected chi connectivity index (χ0v) is 10.8. The van der Waals surface area contributed by atoms with Crippen LogP contribution in [0.4, 0.5) is 17.6 Å². The van der Waals surface area contributed by atoms with Crippen LogP contribution in [0.5, 0.6) is 0 Å². The average molecular weight is 278 g/mol. The standard InChI is InChI=1S/C14H18F4O/c1-2-3-4-5-6-13(19)10-7-8-11(12(15)9-10)14(16,17)18/h7-9,13,19H,2-6H2,1H3. The first-order chi connectivity index (χ1) is 8.86. The summed E-state index contributed by atoms with van der Waals surface area (Å²) in [5.74, 6) is -1.34. The van der Waals surface area contributed by atoms with Gasteiger partial charge in [0.2, 0.25) is 0 Å². The smallest absolute Gasteiger partial charge is 0.388 e. The molecule has 0 amide bonds. The summed E-state index contributed by atoms with van der Waals surface area (Å²) >= 11 is 0. The molecule has 1 aromatic rings. The van der Waals surface area contributed by atoms with Crippen LogP contribution in [0.15, 0.2) is 18.2 Å². The molecule has 5 heteroatoms. The van der Waals surface area contributed by atoms with Crippen LogP contribution in [0.3, 0.4) is 0 Å². The normalized spacial score (nSPS) is 13.6. The molecule has 1 aromatic carbocycles. The summed E-state index contributed by atoms with van der Waals surface area (Å²) in [5.41, 5.74) is -1.10. The molecule has 0 saturated carbocycles. The maximum Gasteiger partial charge on any atom is 0.419 e. The number of rotatable bonds is 6. The predicted octanol–water partition coefficient (Wildman–Crippen LogP) is 4.85. The first-order valence-corrected chi connectivity index (χ1v) is 6.41. The zero-order valence-electron chi connectivity index (χ0n) is 10.8. The van der Waals surface area contributed by atoms with E-state index in [2.05, 4.69) is 6.92 Å². The molecule has 0 aromatic heterocycles. The number of alkyl halides is 3. The van der Waals surface area contributed by atoms with Crippen LogP contribution in [0.2, 0.25) is 0 Å². The van der Waals surface area contributed by atoms with Gasteiger partial charge in [-0.1, -0.05) is 38.7 Å². The van der Waals surface area contributed by atoms with E-state index in [1.807, 2.05) is 0 Å². The van der Waals surface area contributed by atoms with Crippen molar-refractivity contribution in [1.29, 1.82) is 0 Å². The highest BCUT2D eigenvalue weighted by Crippen LogP contribution is 2.33. The molecule has 0 aliphatic heterocycles. The van der Waals surface area contributed by atoms with E-state index in [4.69, 9.17) is 0 Å². The highest BCUT2D eigenvalue weighted by Gasteiger charge is 2.34. The zero-order chi connectivity index (χ0) is 14.5. The van der Waals surface area contributed by atoms with Gasteiger partial charge in [0.05, 0.1) is 11.7 Å². The van der Waals surface area contributed by atoms with E-state index in [0.717, 1.165) is 37.8 Å². The van der Waals surface area contributed by atoms with Crippen LogP contribution in [0.1, 0.15) is 56.3 Å². The second kappa shape index (κ2) is 6.89. The number of aliphatic hydroxyl groups excluding tert-OH is 1. The number of hydrogen-bond acceptors (Lipinski definition) is 1. The van der Waals surface area contributed by atoms with Crippen LogP contribution in [-0.2, 0) is 6.18 Å². The fraction of sp³-hybridized carbons (Fsp3) is 0.571. The van der Waals surface area contributed by atoms with Crippen LogP contribution < -0.4 is 0 Å². The molecular formula is C14H18F4O. The quantitative estimate of drug-likeness (QED) is 0.582. The van der Waals surface area contributed by atoms with Gasteiger partial charge in [0.25, 0.3) is 0 Å². The minimum Gasteiger partial charge on any atom is -0.388 e. The van der Waals surface area contributed by atoms with Crippen LogP contribution >= 0.6 is 0 Å². The van der Waals surface area contributed by atoms with Crippen LogP contribution in [0.25, 0.3) is 0 Å². The maximum absolute atomic E-state index is 13.3. The van der Waals surface area contributed by atoms with Gasteiger partial charge in [0, 0.05) is 0 Å². The Kier molecular flexibility index (Phi) is 5.79. The molecule has 0 aliphatic rings. The van der Waals surface area contributed by atoms with Gasteiger partial charge in [-0.2, -0.15) is 13.2 Å². The van der Waals surface area contributed by atoms with Gasteiger partial charge in [-0.05, 0) is 24.1 Å². The molecule has 19 heavy (non-hydrogen) atoms. The summed E-state index contributed by atoms with van der Waals surface area (Å²) in [6.45, 7) is 2.06. The molecule has 1 nitrogen and oxygen atoms in total. The van der Waals surface area contributed by atoms with E-state index in [0.29, 0.717) is 12.5 Å². The first kappa shape index (κ1) is 16.0. The van der Waals surface area contributed by atoms with E-state index < -0.39 is 23.7 Å². The van der Waals surface area contributed by atoms with Crippen molar-refractivity contribution in [1.82, 2.24) is 0 Å². The van der Waals surface area contributed by atoms with Crippen molar-refractivity contribution in [3.05, 3.63) is 35.1 Å². The molecule has 0 bridgehead atoms. The Morgan fingerprint density at radius 1 is 1.16 bits per heavy atom. The van der Waals surface area contributed by atoms with Crippen molar-refractivity contribution >= 4 is 0 Å². The summed E-state index contributed by atoms with van der Waals surface area (Å²) < 4.78 is 50.4. The molecule has 0 aliphatic carbocycles. The lowest BCUT2D eigenvalue weighted by atomic mass is 10.0. The van der Waals surface area contributed by atoms with E-state index in [1.54, 1.807) is 0 Å². The Balaban J connectivity index is 2.67. The lowest BCUT2D eigenvalue weighted by Crippen LogP contribution is -2.09. The minimum absolute atomic E-state index is 0.196.